The summed E-state index contributed by atoms with van der Waals surface area (Å²) in [7, 11) is -3.73. The highest BCUT2D eigenvalue weighted by molar-refractivity contribution is 7.92. The van der Waals surface area contributed by atoms with Gasteiger partial charge in [-0.25, -0.2) is 12.8 Å². The molecule has 0 aromatic heterocycles. The van der Waals surface area contributed by atoms with Crippen LogP contribution < -0.4 is 0 Å². The van der Waals surface area contributed by atoms with Crippen molar-refractivity contribution in [1.82, 2.24) is 0 Å². The lowest BCUT2D eigenvalue weighted by molar-refractivity contribution is 0.557. The fourth-order valence-electron chi connectivity index (χ4n) is 1.33. The van der Waals surface area contributed by atoms with Gasteiger partial charge in [0.25, 0.3) is 0 Å². The van der Waals surface area contributed by atoms with E-state index in [-0.39, 0.29) is 22.8 Å². The van der Waals surface area contributed by atoms with Crippen molar-refractivity contribution in [2.45, 2.75) is 23.5 Å². The highest BCUT2D eigenvalue weighted by Crippen LogP contribution is 2.22. The highest BCUT2D eigenvalue weighted by Gasteiger charge is 2.26. The third-order valence-electron chi connectivity index (χ3n) is 2.41. The van der Waals surface area contributed by atoms with Gasteiger partial charge >= 0.3 is 0 Å². The van der Waals surface area contributed by atoms with E-state index in [4.69, 9.17) is 16.9 Å². The number of nitrogens with zero attached hydrogens (tertiary/aromatic N) is 1. The van der Waals surface area contributed by atoms with Crippen molar-refractivity contribution in [3.05, 3.63) is 29.6 Å². The van der Waals surface area contributed by atoms with E-state index in [1.54, 1.807) is 6.07 Å². The van der Waals surface area contributed by atoms with E-state index < -0.39 is 20.9 Å². The number of hydrogen-bond acceptors (Lipinski definition) is 3. The van der Waals surface area contributed by atoms with Crippen molar-refractivity contribution in [2.75, 3.05) is 5.88 Å². The van der Waals surface area contributed by atoms with Crippen LogP contribution in [-0.2, 0) is 9.84 Å². The van der Waals surface area contributed by atoms with Crippen molar-refractivity contribution in [3.63, 3.8) is 0 Å². The standard InChI is InChI=1S/C11H11ClFNO2S/c1-8(4-5-12)17(15,16)11-3-2-9(7-14)6-10(11)13/h2-3,6,8H,4-5H2,1H3. The van der Waals surface area contributed by atoms with Crippen LogP contribution in [0.5, 0.6) is 0 Å². The molecule has 0 aliphatic rings. The molecule has 0 N–H and O–H groups in total. The van der Waals surface area contributed by atoms with Crippen molar-refractivity contribution in [3.8, 4) is 6.07 Å². The zero-order chi connectivity index (χ0) is 13.1. The number of benzene rings is 1. The minimum Gasteiger partial charge on any atom is -0.223 e. The van der Waals surface area contributed by atoms with Gasteiger partial charge in [-0.1, -0.05) is 0 Å². The Bertz CT molecular complexity index is 551. The Hall–Kier alpha value is -1.12. The molecule has 1 rings (SSSR count). The maximum atomic E-state index is 13.6. The Balaban J connectivity index is 3.21. The molecule has 0 spiro atoms. The van der Waals surface area contributed by atoms with E-state index in [0.29, 0.717) is 0 Å². The van der Waals surface area contributed by atoms with E-state index in [2.05, 4.69) is 0 Å². The Morgan fingerprint density at radius 2 is 2.18 bits per heavy atom. The molecule has 0 amide bonds. The lowest BCUT2D eigenvalue weighted by Gasteiger charge is -2.12. The fraction of sp³-hybridized carbons (Fsp3) is 0.364. The molecule has 0 bridgehead atoms. The number of rotatable bonds is 4. The highest BCUT2D eigenvalue weighted by atomic mass is 35.5. The average molecular weight is 276 g/mol. The first-order valence-corrected chi connectivity index (χ1v) is 7.01. The fourth-order valence-corrected chi connectivity index (χ4v) is 3.23. The average Bonchev–Trinajstić information content (AvgIpc) is 2.28. The van der Waals surface area contributed by atoms with Crippen LogP contribution in [0.25, 0.3) is 0 Å². The zero-order valence-electron chi connectivity index (χ0n) is 9.15. The molecule has 0 saturated carbocycles. The molecule has 0 heterocycles. The molecule has 6 heteroatoms. The summed E-state index contributed by atoms with van der Waals surface area (Å²) in [6.07, 6.45) is 0.253. The van der Waals surface area contributed by atoms with Gasteiger partial charge in [0.2, 0.25) is 0 Å². The third-order valence-corrected chi connectivity index (χ3v) is 4.87. The molecule has 0 fully saturated rings. The van der Waals surface area contributed by atoms with Gasteiger partial charge in [0, 0.05) is 5.88 Å². The molecule has 1 atom stereocenters. The van der Waals surface area contributed by atoms with Crippen LogP contribution in [0.2, 0.25) is 0 Å². The van der Waals surface area contributed by atoms with Crippen LogP contribution in [0, 0.1) is 17.1 Å². The van der Waals surface area contributed by atoms with Gasteiger partial charge in [-0.05, 0) is 31.5 Å². The first-order valence-electron chi connectivity index (χ1n) is 4.93. The minimum atomic E-state index is -3.73. The van der Waals surface area contributed by atoms with Crippen LogP contribution in [0.15, 0.2) is 23.1 Å². The first kappa shape index (κ1) is 13.9. The molecule has 92 valence electrons. The Morgan fingerprint density at radius 3 is 2.65 bits per heavy atom. The van der Waals surface area contributed by atoms with Crippen LogP contribution in [0.1, 0.15) is 18.9 Å². The quantitative estimate of drug-likeness (QED) is 0.793. The molecule has 17 heavy (non-hydrogen) atoms. The van der Waals surface area contributed by atoms with E-state index >= 15 is 0 Å². The second-order valence-electron chi connectivity index (χ2n) is 3.59. The predicted octanol–water partition coefficient (Wildman–Crippen LogP) is 2.49. The van der Waals surface area contributed by atoms with E-state index in [1.165, 1.54) is 13.0 Å². The van der Waals surface area contributed by atoms with Gasteiger partial charge in [-0.15, -0.1) is 11.6 Å². The van der Waals surface area contributed by atoms with Gasteiger partial charge in [0.15, 0.2) is 9.84 Å². The smallest absolute Gasteiger partial charge is 0.183 e. The molecule has 1 aromatic rings. The van der Waals surface area contributed by atoms with Gasteiger partial charge < -0.3 is 0 Å². The number of hydrogen-bond donors (Lipinski definition) is 0. The molecule has 1 unspecified atom stereocenters. The molecular formula is C11H11ClFNO2S. The van der Waals surface area contributed by atoms with Crippen molar-refractivity contribution in [1.29, 1.82) is 5.26 Å². The summed E-state index contributed by atoms with van der Waals surface area (Å²) in [5.74, 6) is -0.705. The number of alkyl halides is 1. The number of sulfone groups is 1. The van der Waals surface area contributed by atoms with Crippen LogP contribution in [0.3, 0.4) is 0 Å². The Morgan fingerprint density at radius 1 is 1.53 bits per heavy atom. The van der Waals surface area contributed by atoms with Crippen LogP contribution in [-0.4, -0.2) is 19.5 Å². The zero-order valence-corrected chi connectivity index (χ0v) is 10.7. The minimum absolute atomic E-state index is 0.0893. The molecule has 0 radical (unpaired) electrons. The Kier molecular flexibility index (Phi) is 4.49. The lowest BCUT2D eigenvalue weighted by Crippen LogP contribution is -2.19. The summed E-state index contributed by atoms with van der Waals surface area (Å²) < 4.78 is 37.5. The summed E-state index contributed by atoms with van der Waals surface area (Å²) in [5.41, 5.74) is 0.0893. The lowest BCUT2D eigenvalue weighted by atomic mass is 10.2. The summed E-state index contributed by atoms with van der Waals surface area (Å²) in [6, 6.07) is 5.06. The molecule has 0 aliphatic carbocycles. The van der Waals surface area contributed by atoms with E-state index in [9.17, 15) is 12.8 Å². The van der Waals surface area contributed by atoms with Gasteiger partial charge in [0.05, 0.1) is 16.9 Å². The second kappa shape index (κ2) is 5.48. The van der Waals surface area contributed by atoms with Gasteiger partial charge in [-0.3, -0.25) is 0 Å². The third kappa shape index (κ3) is 2.96. The molecule has 1 aromatic carbocycles. The summed E-state index contributed by atoms with van der Waals surface area (Å²) in [6.45, 7) is 1.48. The molecule has 0 saturated heterocycles. The summed E-state index contributed by atoms with van der Waals surface area (Å²) in [4.78, 5) is -0.380. The topological polar surface area (TPSA) is 57.9 Å². The Labute approximate surface area is 105 Å². The molecule has 0 aliphatic heterocycles. The normalized spacial score (nSPS) is 13.1. The van der Waals surface area contributed by atoms with Crippen molar-refractivity contribution in [2.24, 2.45) is 0 Å². The number of halogens is 2. The molecular weight excluding hydrogens is 265 g/mol. The monoisotopic (exact) mass is 275 g/mol. The second-order valence-corrected chi connectivity index (χ2v) is 6.30. The molecule has 3 nitrogen and oxygen atoms in total. The summed E-state index contributed by atoms with van der Waals surface area (Å²) in [5, 5.41) is 7.82. The predicted molar refractivity (Wildman–Crippen MR) is 63.1 cm³/mol. The summed E-state index contributed by atoms with van der Waals surface area (Å²) >= 11 is 5.48. The largest absolute Gasteiger partial charge is 0.223 e. The SMILES string of the molecule is CC(CCCl)S(=O)(=O)c1ccc(C#N)cc1F. The van der Waals surface area contributed by atoms with Gasteiger partial charge in [0.1, 0.15) is 10.7 Å². The van der Waals surface area contributed by atoms with Crippen LogP contribution in [0.4, 0.5) is 4.39 Å². The van der Waals surface area contributed by atoms with E-state index in [0.717, 1.165) is 12.1 Å². The van der Waals surface area contributed by atoms with Crippen LogP contribution >= 0.6 is 11.6 Å². The van der Waals surface area contributed by atoms with Crippen molar-refractivity contribution >= 4 is 21.4 Å². The van der Waals surface area contributed by atoms with E-state index in [1.807, 2.05) is 0 Å². The maximum Gasteiger partial charge on any atom is 0.183 e. The first-order chi connectivity index (χ1) is 7.93. The van der Waals surface area contributed by atoms with Gasteiger partial charge in [-0.2, -0.15) is 5.26 Å². The number of nitriles is 1. The van der Waals surface area contributed by atoms with Crippen molar-refractivity contribution < 1.29 is 12.8 Å². The maximum absolute atomic E-state index is 13.6.